The van der Waals surface area contributed by atoms with Crippen molar-refractivity contribution in [2.24, 2.45) is 5.92 Å². The maximum Gasteiger partial charge on any atom is 0.246 e. The number of likely N-dealkylation sites (tertiary alicyclic amines) is 1. The van der Waals surface area contributed by atoms with Gasteiger partial charge < -0.3 is 4.90 Å². The summed E-state index contributed by atoms with van der Waals surface area (Å²) < 4.78 is 26.5. The van der Waals surface area contributed by atoms with Gasteiger partial charge in [-0.2, -0.15) is 4.31 Å². The normalized spacial score (nSPS) is 23.1. The van der Waals surface area contributed by atoms with Crippen molar-refractivity contribution in [1.82, 2.24) is 9.21 Å². The molecule has 2 unspecified atom stereocenters. The Labute approximate surface area is 163 Å². The molecule has 0 bridgehead atoms. The summed E-state index contributed by atoms with van der Waals surface area (Å²) in [5, 5.41) is 0. The summed E-state index contributed by atoms with van der Waals surface area (Å²) in [6.45, 7) is 5.43. The van der Waals surface area contributed by atoms with Crippen LogP contribution in [0, 0.1) is 5.92 Å². The average molecular weight is 391 g/mol. The molecule has 27 heavy (non-hydrogen) atoms. The third kappa shape index (κ3) is 4.27. The first-order chi connectivity index (χ1) is 13.0. The summed E-state index contributed by atoms with van der Waals surface area (Å²) in [5.41, 5.74) is 0.834. The van der Waals surface area contributed by atoms with Crippen molar-refractivity contribution in [2.75, 3.05) is 19.6 Å². The van der Waals surface area contributed by atoms with E-state index >= 15 is 0 Å². The van der Waals surface area contributed by atoms with Gasteiger partial charge in [0, 0.05) is 31.8 Å². The lowest BCUT2D eigenvalue weighted by molar-refractivity contribution is -0.127. The molecule has 1 aliphatic heterocycles. The second-order valence-corrected chi connectivity index (χ2v) is 9.36. The zero-order valence-corrected chi connectivity index (χ0v) is 17.1. The van der Waals surface area contributed by atoms with Crippen LogP contribution in [0.25, 0.3) is 6.08 Å². The Morgan fingerprint density at radius 3 is 2.44 bits per heavy atom. The number of hydrogen-bond donors (Lipinski definition) is 0. The predicted octanol–water partition coefficient (Wildman–Crippen LogP) is 3.52. The minimum Gasteiger partial charge on any atom is -0.336 e. The lowest BCUT2D eigenvalue weighted by Crippen LogP contribution is -2.38. The number of fused-ring (bicyclic) bond motifs is 1. The zero-order chi connectivity index (χ0) is 19.4. The van der Waals surface area contributed by atoms with Crippen LogP contribution in [0.1, 0.15) is 51.5 Å². The lowest BCUT2D eigenvalue weighted by atomic mass is 9.85. The van der Waals surface area contributed by atoms with E-state index in [1.54, 1.807) is 36.4 Å². The first kappa shape index (κ1) is 20.1. The molecule has 1 amide bonds. The van der Waals surface area contributed by atoms with Crippen LogP contribution in [-0.2, 0) is 14.8 Å². The molecule has 1 aliphatic carbocycles. The summed E-state index contributed by atoms with van der Waals surface area (Å²) in [4.78, 5) is 14.9. The maximum atomic E-state index is 12.6. The number of hydrogen-bond acceptors (Lipinski definition) is 3. The molecule has 5 nitrogen and oxygen atoms in total. The van der Waals surface area contributed by atoms with Crippen molar-refractivity contribution in [3.8, 4) is 0 Å². The summed E-state index contributed by atoms with van der Waals surface area (Å²) in [7, 11) is -3.44. The molecule has 2 aliphatic rings. The highest BCUT2D eigenvalue weighted by Gasteiger charge is 2.37. The molecule has 1 aromatic rings. The van der Waals surface area contributed by atoms with Crippen molar-refractivity contribution in [3.63, 3.8) is 0 Å². The quantitative estimate of drug-likeness (QED) is 0.698. The van der Waals surface area contributed by atoms with Crippen LogP contribution < -0.4 is 0 Å². The molecule has 2 atom stereocenters. The SMILES string of the molecule is CCN(CC)S(=O)(=O)c1ccc(C=CC(=O)N2CCC3CCCCC32)cc1. The highest BCUT2D eigenvalue weighted by molar-refractivity contribution is 7.89. The van der Waals surface area contributed by atoms with Crippen LogP contribution in [0.2, 0.25) is 0 Å². The number of benzene rings is 1. The van der Waals surface area contributed by atoms with Gasteiger partial charge in [-0.05, 0) is 49.0 Å². The summed E-state index contributed by atoms with van der Waals surface area (Å²) >= 11 is 0. The molecule has 1 heterocycles. The monoisotopic (exact) mass is 390 g/mol. The molecule has 6 heteroatoms. The molecule has 0 radical (unpaired) electrons. The first-order valence-corrected chi connectivity index (χ1v) is 11.5. The van der Waals surface area contributed by atoms with E-state index in [0.717, 1.165) is 24.9 Å². The van der Waals surface area contributed by atoms with Gasteiger partial charge in [-0.15, -0.1) is 0 Å². The summed E-state index contributed by atoms with van der Waals surface area (Å²) in [6, 6.07) is 7.16. The van der Waals surface area contributed by atoms with Gasteiger partial charge in [0.15, 0.2) is 0 Å². The topological polar surface area (TPSA) is 57.7 Å². The zero-order valence-electron chi connectivity index (χ0n) is 16.3. The van der Waals surface area contributed by atoms with E-state index in [2.05, 4.69) is 0 Å². The number of sulfonamides is 1. The predicted molar refractivity (Wildman–Crippen MR) is 108 cm³/mol. The molecule has 0 N–H and O–H groups in total. The average Bonchev–Trinajstić information content (AvgIpc) is 3.11. The number of carbonyl (C=O) groups is 1. The van der Waals surface area contributed by atoms with Gasteiger partial charge in [-0.25, -0.2) is 8.42 Å². The Morgan fingerprint density at radius 1 is 1.11 bits per heavy atom. The molecule has 3 rings (SSSR count). The Morgan fingerprint density at radius 2 is 1.78 bits per heavy atom. The van der Waals surface area contributed by atoms with Crippen LogP contribution in [0.5, 0.6) is 0 Å². The van der Waals surface area contributed by atoms with Crippen molar-refractivity contribution in [3.05, 3.63) is 35.9 Å². The van der Waals surface area contributed by atoms with Crippen molar-refractivity contribution < 1.29 is 13.2 Å². The summed E-state index contributed by atoms with van der Waals surface area (Å²) in [6.07, 6.45) is 9.43. The Bertz CT molecular complexity index is 782. The number of amides is 1. The second kappa shape index (κ2) is 8.57. The molecule has 148 valence electrons. The van der Waals surface area contributed by atoms with Crippen LogP contribution in [0.4, 0.5) is 0 Å². The van der Waals surface area contributed by atoms with Crippen LogP contribution in [-0.4, -0.2) is 49.2 Å². The minimum absolute atomic E-state index is 0.0734. The lowest BCUT2D eigenvalue weighted by Gasteiger charge is -2.31. The van der Waals surface area contributed by atoms with Gasteiger partial charge in [0.05, 0.1) is 4.90 Å². The van der Waals surface area contributed by atoms with Gasteiger partial charge in [-0.3, -0.25) is 4.79 Å². The van der Waals surface area contributed by atoms with Crippen LogP contribution >= 0.6 is 0 Å². The number of rotatable bonds is 6. The Kier molecular flexibility index (Phi) is 6.37. The minimum atomic E-state index is -3.44. The largest absolute Gasteiger partial charge is 0.336 e. The highest BCUT2D eigenvalue weighted by atomic mass is 32.2. The molecule has 1 saturated heterocycles. The Balaban J connectivity index is 1.67. The van der Waals surface area contributed by atoms with Crippen molar-refractivity contribution >= 4 is 22.0 Å². The van der Waals surface area contributed by atoms with Gasteiger partial charge in [-0.1, -0.05) is 38.8 Å². The van der Waals surface area contributed by atoms with Crippen LogP contribution in [0.15, 0.2) is 35.2 Å². The molecular weight excluding hydrogens is 360 g/mol. The third-order valence-corrected chi connectivity index (χ3v) is 8.00. The van der Waals surface area contributed by atoms with Gasteiger partial charge >= 0.3 is 0 Å². The summed E-state index contributed by atoms with van der Waals surface area (Å²) in [5.74, 6) is 0.755. The molecule has 0 spiro atoms. The van der Waals surface area contributed by atoms with E-state index in [0.29, 0.717) is 29.9 Å². The smallest absolute Gasteiger partial charge is 0.246 e. The fourth-order valence-electron chi connectivity index (χ4n) is 4.41. The highest BCUT2D eigenvalue weighted by Crippen LogP contribution is 2.36. The van der Waals surface area contributed by atoms with Crippen LogP contribution in [0.3, 0.4) is 0 Å². The fraction of sp³-hybridized carbons (Fsp3) is 0.571. The first-order valence-electron chi connectivity index (χ1n) is 10.1. The molecule has 1 saturated carbocycles. The van der Waals surface area contributed by atoms with Crippen molar-refractivity contribution in [2.45, 2.75) is 56.9 Å². The van der Waals surface area contributed by atoms with E-state index in [4.69, 9.17) is 0 Å². The molecule has 0 aromatic heterocycles. The van der Waals surface area contributed by atoms with Gasteiger partial charge in [0.1, 0.15) is 0 Å². The second-order valence-electron chi connectivity index (χ2n) is 7.42. The number of nitrogens with zero attached hydrogens (tertiary/aromatic N) is 2. The van der Waals surface area contributed by atoms with Crippen molar-refractivity contribution in [1.29, 1.82) is 0 Å². The van der Waals surface area contributed by atoms with E-state index in [9.17, 15) is 13.2 Å². The fourth-order valence-corrected chi connectivity index (χ4v) is 5.86. The maximum absolute atomic E-state index is 12.6. The standard InChI is InChI=1S/C21H30N2O3S/c1-3-22(4-2)27(25,26)19-12-9-17(10-13-19)11-14-21(24)23-16-15-18-7-5-6-8-20(18)23/h9-14,18,20H,3-8,15-16H2,1-2H3. The molecule has 1 aromatic carbocycles. The van der Waals surface area contributed by atoms with E-state index in [1.807, 2.05) is 18.7 Å². The van der Waals surface area contributed by atoms with E-state index in [1.165, 1.54) is 23.6 Å². The Hall–Kier alpha value is -1.66. The molecule has 2 fully saturated rings. The third-order valence-electron chi connectivity index (χ3n) is 5.93. The van der Waals surface area contributed by atoms with Gasteiger partial charge in [0.2, 0.25) is 15.9 Å². The van der Waals surface area contributed by atoms with E-state index in [-0.39, 0.29) is 5.91 Å². The van der Waals surface area contributed by atoms with Gasteiger partial charge in [0.25, 0.3) is 0 Å². The molecular formula is C21H30N2O3S. The number of carbonyl (C=O) groups excluding carboxylic acids is 1. The van der Waals surface area contributed by atoms with E-state index < -0.39 is 10.0 Å².